The maximum atomic E-state index is 10.1. The zero-order valence-corrected chi connectivity index (χ0v) is 17.3. The van der Waals surface area contributed by atoms with Gasteiger partial charge >= 0.3 is 0 Å². The van der Waals surface area contributed by atoms with E-state index in [4.69, 9.17) is 32.7 Å². The average Bonchev–Trinajstić information content (AvgIpc) is 2.63. The lowest BCUT2D eigenvalue weighted by Gasteiger charge is -2.20. The molecule has 0 saturated carbocycles. The third-order valence-electron chi connectivity index (χ3n) is 4.04. The minimum atomic E-state index is -0.614. The van der Waals surface area contributed by atoms with Crippen molar-refractivity contribution < 1.29 is 14.6 Å². The first-order valence-corrected chi connectivity index (χ1v) is 9.41. The number of aliphatic hydroxyl groups is 1. The predicted octanol–water partition coefficient (Wildman–Crippen LogP) is 3.74. The zero-order chi connectivity index (χ0) is 19.8. The first-order chi connectivity index (χ1) is 12.9. The van der Waals surface area contributed by atoms with E-state index in [1.54, 1.807) is 13.2 Å². The van der Waals surface area contributed by atoms with Crippen LogP contribution in [-0.4, -0.2) is 45.6 Å². The molecule has 0 bridgehead atoms. The quantitative estimate of drug-likeness (QED) is 0.622. The molecule has 5 nitrogen and oxygen atoms in total. The van der Waals surface area contributed by atoms with Crippen LogP contribution in [0.3, 0.4) is 0 Å². The predicted molar refractivity (Wildman–Crippen MR) is 111 cm³/mol. The number of methoxy groups -OCH3 is 1. The van der Waals surface area contributed by atoms with Crippen LogP contribution in [0.15, 0.2) is 36.4 Å². The fraction of sp³-hybridized carbons (Fsp3) is 0.400. The number of halogens is 2. The van der Waals surface area contributed by atoms with Crippen molar-refractivity contribution in [1.82, 2.24) is 5.32 Å². The lowest BCUT2D eigenvalue weighted by molar-refractivity contribution is 0.0287. The van der Waals surface area contributed by atoms with Crippen LogP contribution >= 0.6 is 23.2 Å². The van der Waals surface area contributed by atoms with Gasteiger partial charge in [0.2, 0.25) is 0 Å². The molecule has 0 aliphatic rings. The number of aliphatic hydroxyl groups excluding tert-OH is 1. The van der Waals surface area contributed by atoms with E-state index in [0.29, 0.717) is 29.7 Å². The minimum absolute atomic E-state index is 0.244. The standard InChI is InChI=1S/C20H26Cl2N2O3/c1-24(2)20-9-15(21)8-19(22)18(20)11-23-10-16(25)13-27-12-14-4-6-17(26-3)7-5-14/h4-9,16,23,25H,10-13H2,1-3H3. The molecule has 1 unspecified atom stereocenters. The van der Waals surface area contributed by atoms with Crippen molar-refractivity contribution in [2.24, 2.45) is 0 Å². The molecule has 2 rings (SSSR count). The number of nitrogens with one attached hydrogen (secondary N) is 1. The molecule has 0 aliphatic heterocycles. The second-order valence-electron chi connectivity index (χ2n) is 6.43. The Labute approximate surface area is 170 Å². The topological polar surface area (TPSA) is 54.0 Å². The van der Waals surface area contributed by atoms with Gasteiger partial charge in [-0.05, 0) is 29.8 Å². The van der Waals surface area contributed by atoms with Gasteiger partial charge in [0, 0.05) is 48.5 Å². The van der Waals surface area contributed by atoms with E-state index < -0.39 is 6.10 Å². The van der Waals surface area contributed by atoms with Gasteiger partial charge in [-0.3, -0.25) is 0 Å². The van der Waals surface area contributed by atoms with Gasteiger partial charge in [0.1, 0.15) is 5.75 Å². The molecule has 0 aromatic heterocycles. The molecule has 148 valence electrons. The molecule has 0 fully saturated rings. The number of ether oxygens (including phenoxy) is 2. The van der Waals surface area contributed by atoms with E-state index in [2.05, 4.69) is 5.32 Å². The van der Waals surface area contributed by atoms with Crippen LogP contribution in [0.4, 0.5) is 5.69 Å². The molecule has 2 aromatic carbocycles. The maximum Gasteiger partial charge on any atom is 0.118 e. The summed E-state index contributed by atoms with van der Waals surface area (Å²) in [5, 5.41) is 14.5. The third kappa shape index (κ3) is 6.87. The van der Waals surface area contributed by atoms with Crippen LogP contribution in [0, 0.1) is 0 Å². The molecular weight excluding hydrogens is 387 g/mol. The third-order valence-corrected chi connectivity index (χ3v) is 4.59. The Balaban J connectivity index is 1.76. The van der Waals surface area contributed by atoms with Crippen molar-refractivity contribution in [1.29, 1.82) is 0 Å². The SMILES string of the molecule is COc1ccc(COCC(O)CNCc2c(Cl)cc(Cl)cc2N(C)C)cc1. The first kappa shape index (κ1) is 21.8. The van der Waals surface area contributed by atoms with Crippen LogP contribution in [0.5, 0.6) is 5.75 Å². The largest absolute Gasteiger partial charge is 0.497 e. The summed E-state index contributed by atoms with van der Waals surface area (Å²) in [6.07, 6.45) is -0.614. The van der Waals surface area contributed by atoms with E-state index in [-0.39, 0.29) is 6.61 Å². The normalized spacial score (nSPS) is 12.1. The van der Waals surface area contributed by atoms with E-state index in [9.17, 15) is 5.11 Å². The summed E-state index contributed by atoms with van der Waals surface area (Å²) in [4.78, 5) is 1.96. The van der Waals surface area contributed by atoms with Crippen LogP contribution < -0.4 is 15.0 Å². The maximum absolute atomic E-state index is 10.1. The molecule has 0 radical (unpaired) electrons. The number of hydrogen-bond donors (Lipinski definition) is 2. The molecule has 0 amide bonds. The van der Waals surface area contributed by atoms with Gasteiger partial charge in [0.25, 0.3) is 0 Å². The fourth-order valence-corrected chi connectivity index (χ4v) is 3.17. The Bertz CT molecular complexity index is 724. The van der Waals surface area contributed by atoms with Crippen molar-refractivity contribution >= 4 is 28.9 Å². The number of rotatable bonds is 10. The van der Waals surface area contributed by atoms with E-state index in [0.717, 1.165) is 22.6 Å². The molecule has 1 atom stereocenters. The monoisotopic (exact) mass is 412 g/mol. The molecule has 0 spiro atoms. The summed E-state index contributed by atoms with van der Waals surface area (Å²) in [5.74, 6) is 0.806. The molecule has 2 aromatic rings. The molecule has 7 heteroatoms. The Morgan fingerprint density at radius 3 is 2.48 bits per heavy atom. The fourth-order valence-electron chi connectivity index (χ4n) is 2.62. The summed E-state index contributed by atoms with van der Waals surface area (Å²) < 4.78 is 10.7. The van der Waals surface area contributed by atoms with Gasteiger partial charge in [0.05, 0.1) is 26.4 Å². The summed E-state index contributed by atoms with van der Waals surface area (Å²) in [7, 11) is 5.51. The molecule has 27 heavy (non-hydrogen) atoms. The van der Waals surface area contributed by atoms with E-state index >= 15 is 0 Å². The summed E-state index contributed by atoms with van der Waals surface area (Å²) >= 11 is 12.4. The number of nitrogens with zero attached hydrogens (tertiary/aromatic N) is 1. The highest BCUT2D eigenvalue weighted by Gasteiger charge is 2.12. The lowest BCUT2D eigenvalue weighted by atomic mass is 10.1. The van der Waals surface area contributed by atoms with E-state index in [1.807, 2.05) is 49.3 Å². The highest BCUT2D eigenvalue weighted by Crippen LogP contribution is 2.30. The highest BCUT2D eigenvalue weighted by atomic mass is 35.5. The first-order valence-electron chi connectivity index (χ1n) is 8.65. The van der Waals surface area contributed by atoms with Crippen molar-refractivity contribution in [3.8, 4) is 5.75 Å². The van der Waals surface area contributed by atoms with Crippen molar-refractivity contribution in [2.75, 3.05) is 39.3 Å². The Hall–Kier alpha value is -1.50. The lowest BCUT2D eigenvalue weighted by Crippen LogP contribution is -2.30. The molecule has 0 heterocycles. The van der Waals surface area contributed by atoms with Gasteiger partial charge in [0.15, 0.2) is 0 Å². The van der Waals surface area contributed by atoms with Crippen LogP contribution in [0.2, 0.25) is 10.0 Å². The Morgan fingerprint density at radius 1 is 1.15 bits per heavy atom. The van der Waals surface area contributed by atoms with E-state index in [1.165, 1.54) is 0 Å². The van der Waals surface area contributed by atoms with Gasteiger partial charge in [-0.15, -0.1) is 0 Å². The van der Waals surface area contributed by atoms with Crippen LogP contribution in [-0.2, 0) is 17.9 Å². The number of hydrogen-bond acceptors (Lipinski definition) is 5. The van der Waals surface area contributed by atoms with Crippen LogP contribution in [0.1, 0.15) is 11.1 Å². The summed E-state index contributed by atoms with van der Waals surface area (Å²) in [6.45, 7) is 1.61. The summed E-state index contributed by atoms with van der Waals surface area (Å²) in [5.41, 5.74) is 2.92. The number of benzene rings is 2. The smallest absolute Gasteiger partial charge is 0.118 e. The second kappa shape index (κ2) is 10.7. The second-order valence-corrected chi connectivity index (χ2v) is 7.27. The minimum Gasteiger partial charge on any atom is -0.497 e. The Kier molecular flexibility index (Phi) is 8.67. The molecule has 0 saturated heterocycles. The van der Waals surface area contributed by atoms with Gasteiger partial charge < -0.3 is 24.8 Å². The van der Waals surface area contributed by atoms with Gasteiger partial charge in [-0.1, -0.05) is 35.3 Å². The average molecular weight is 413 g/mol. The molecule has 0 aliphatic carbocycles. The zero-order valence-electron chi connectivity index (χ0n) is 15.8. The highest BCUT2D eigenvalue weighted by molar-refractivity contribution is 6.35. The Morgan fingerprint density at radius 2 is 1.85 bits per heavy atom. The number of anilines is 1. The van der Waals surface area contributed by atoms with Crippen molar-refractivity contribution in [3.63, 3.8) is 0 Å². The van der Waals surface area contributed by atoms with Gasteiger partial charge in [-0.2, -0.15) is 0 Å². The molecule has 2 N–H and O–H groups in total. The van der Waals surface area contributed by atoms with Crippen molar-refractivity contribution in [2.45, 2.75) is 19.3 Å². The van der Waals surface area contributed by atoms with Crippen LogP contribution in [0.25, 0.3) is 0 Å². The van der Waals surface area contributed by atoms with Gasteiger partial charge in [-0.25, -0.2) is 0 Å². The summed E-state index contributed by atoms with van der Waals surface area (Å²) in [6, 6.07) is 11.2. The van der Waals surface area contributed by atoms with Crippen molar-refractivity contribution in [3.05, 3.63) is 57.6 Å². The molecular formula is C20H26Cl2N2O3.